The van der Waals surface area contributed by atoms with Gasteiger partial charge in [0.25, 0.3) is 0 Å². The number of carbonyl (C=O) groups excluding carboxylic acids is 3. The Bertz CT molecular complexity index is 723. The molecule has 0 atom stereocenters. The lowest BCUT2D eigenvalue weighted by molar-refractivity contribution is -0.113. The van der Waals surface area contributed by atoms with Crippen LogP contribution in [-0.4, -0.2) is 52.3 Å². The van der Waals surface area contributed by atoms with E-state index in [0.717, 1.165) is 25.9 Å². The number of Topliss-reactive ketones (excluding diaryl/α,β-unsaturated/α-hetero) is 1. The third kappa shape index (κ3) is 4.85. The zero-order valence-corrected chi connectivity index (χ0v) is 16.7. The molecule has 142 valence electrons. The summed E-state index contributed by atoms with van der Waals surface area (Å²) >= 11 is 6.59. The molecule has 1 aromatic rings. The van der Waals surface area contributed by atoms with Gasteiger partial charge in [0, 0.05) is 13.1 Å². The van der Waals surface area contributed by atoms with E-state index in [1.807, 2.05) is 0 Å². The molecule has 1 N–H and O–H groups in total. The van der Waals surface area contributed by atoms with Crippen molar-refractivity contribution in [3.8, 4) is 0 Å². The Labute approximate surface area is 161 Å². The maximum atomic E-state index is 12.2. The summed E-state index contributed by atoms with van der Waals surface area (Å²) in [6, 6.07) is 0. The fourth-order valence-electron chi connectivity index (χ4n) is 2.74. The van der Waals surface area contributed by atoms with E-state index in [0.29, 0.717) is 4.32 Å². The SMILES string of the molecule is CCOC(=O)c1c(NC(=O)CSC(=S)N2CCCC2)oc(C)c1C(C)=O. The number of furan rings is 1. The van der Waals surface area contributed by atoms with Gasteiger partial charge < -0.3 is 14.1 Å². The summed E-state index contributed by atoms with van der Waals surface area (Å²) < 4.78 is 11.1. The van der Waals surface area contributed by atoms with Crippen LogP contribution in [-0.2, 0) is 9.53 Å². The molecule has 1 aliphatic rings. The van der Waals surface area contributed by atoms with E-state index in [-0.39, 0.29) is 46.8 Å². The highest BCUT2D eigenvalue weighted by Crippen LogP contribution is 2.29. The molecule has 2 heterocycles. The molecule has 1 saturated heterocycles. The molecule has 1 aliphatic heterocycles. The number of nitrogens with zero attached hydrogens (tertiary/aromatic N) is 1. The summed E-state index contributed by atoms with van der Waals surface area (Å²) in [6.07, 6.45) is 2.21. The van der Waals surface area contributed by atoms with Gasteiger partial charge in [0.05, 0.1) is 17.9 Å². The van der Waals surface area contributed by atoms with Crippen LogP contribution in [0, 0.1) is 6.92 Å². The third-order valence-electron chi connectivity index (χ3n) is 3.86. The first kappa shape index (κ1) is 20.4. The second-order valence-corrected chi connectivity index (χ2v) is 7.42. The van der Waals surface area contributed by atoms with Crippen molar-refractivity contribution >= 4 is 51.8 Å². The van der Waals surface area contributed by atoms with Crippen molar-refractivity contribution in [2.24, 2.45) is 0 Å². The van der Waals surface area contributed by atoms with Gasteiger partial charge >= 0.3 is 5.97 Å². The molecule has 0 bridgehead atoms. The molecule has 0 radical (unpaired) electrons. The van der Waals surface area contributed by atoms with Crippen molar-refractivity contribution in [3.05, 3.63) is 16.9 Å². The molecule has 1 aromatic heterocycles. The van der Waals surface area contributed by atoms with Crippen molar-refractivity contribution in [2.75, 3.05) is 30.8 Å². The number of ether oxygens (including phenoxy) is 1. The maximum Gasteiger partial charge on any atom is 0.344 e. The van der Waals surface area contributed by atoms with Gasteiger partial charge in [0.2, 0.25) is 11.8 Å². The molecule has 1 fully saturated rings. The minimum Gasteiger partial charge on any atom is -0.462 e. The molecule has 9 heteroatoms. The second kappa shape index (κ2) is 9.18. The molecule has 0 unspecified atom stereocenters. The van der Waals surface area contributed by atoms with E-state index < -0.39 is 5.97 Å². The first-order valence-corrected chi connectivity index (χ1v) is 9.77. The standard InChI is InChI=1S/C17H22N2O5S2/c1-4-23-16(22)14-13(10(2)20)11(3)24-15(14)18-12(21)9-26-17(25)19-7-5-6-8-19/h4-9H2,1-3H3,(H,18,21). The minimum atomic E-state index is -0.704. The van der Waals surface area contributed by atoms with Gasteiger partial charge in [0.15, 0.2) is 5.78 Å². The quantitative estimate of drug-likeness (QED) is 0.444. The average molecular weight is 399 g/mol. The number of thiocarbonyl (C=S) groups is 1. The van der Waals surface area contributed by atoms with Crippen molar-refractivity contribution in [1.82, 2.24) is 4.90 Å². The number of likely N-dealkylation sites (tertiary alicyclic amines) is 1. The van der Waals surface area contributed by atoms with E-state index in [9.17, 15) is 14.4 Å². The smallest absolute Gasteiger partial charge is 0.344 e. The lowest BCUT2D eigenvalue weighted by Gasteiger charge is -2.17. The molecule has 1 amide bonds. The van der Waals surface area contributed by atoms with Crippen LogP contribution in [0.3, 0.4) is 0 Å². The fraction of sp³-hybridized carbons (Fsp3) is 0.529. The summed E-state index contributed by atoms with van der Waals surface area (Å²) in [5.41, 5.74) is 0.0799. The number of carbonyl (C=O) groups is 3. The number of hydrogen-bond acceptors (Lipinski definition) is 7. The molecule has 7 nitrogen and oxygen atoms in total. The fourth-order valence-corrected chi connectivity index (χ4v) is 3.79. The van der Waals surface area contributed by atoms with Gasteiger partial charge in [-0.25, -0.2) is 4.79 Å². The number of thioether (sulfide) groups is 1. The first-order chi connectivity index (χ1) is 12.3. The predicted molar refractivity (Wildman–Crippen MR) is 104 cm³/mol. The van der Waals surface area contributed by atoms with Crippen LogP contribution in [0.5, 0.6) is 0 Å². The average Bonchev–Trinajstić information content (AvgIpc) is 3.20. The van der Waals surface area contributed by atoms with Crippen LogP contribution in [0.2, 0.25) is 0 Å². The molecule has 26 heavy (non-hydrogen) atoms. The normalized spacial score (nSPS) is 13.6. The zero-order valence-electron chi connectivity index (χ0n) is 15.0. The van der Waals surface area contributed by atoms with Crippen LogP contribution >= 0.6 is 24.0 Å². The van der Waals surface area contributed by atoms with E-state index in [1.54, 1.807) is 13.8 Å². The van der Waals surface area contributed by atoms with Gasteiger partial charge in [-0.2, -0.15) is 0 Å². The Morgan fingerprint density at radius 1 is 1.27 bits per heavy atom. The van der Waals surface area contributed by atoms with Crippen molar-refractivity contribution < 1.29 is 23.5 Å². The number of rotatable bonds is 6. The molecule has 2 rings (SSSR count). The number of ketones is 1. The minimum absolute atomic E-state index is 0.0441. The number of nitrogens with one attached hydrogen (secondary N) is 1. The van der Waals surface area contributed by atoms with Crippen molar-refractivity contribution in [3.63, 3.8) is 0 Å². The Balaban J connectivity index is 2.08. The highest BCUT2D eigenvalue weighted by atomic mass is 32.2. The lowest BCUT2D eigenvalue weighted by Crippen LogP contribution is -2.25. The summed E-state index contributed by atoms with van der Waals surface area (Å²) in [4.78, 5) is 38.4. The van der Waals surface area contributed by atoms with Crippen LogP contribution < -0.4 is 5.32 Å². The Kier molecular flexibility index (Phi) is 7.22. The summed E-state index contributed by atoms with van der Waals surface area (Å²) in [5, 5.41) is 2.55. The largest absolute Gasteiger partial charge is 0.462 e. The second-order valence-electron chi connectivity index (χ2n) is 5.81. The molecular formula is C17H22N2O5S2. The number of esters is 1. The highest BCUT2D eigenvalue weighted by Gasteiger charge is 2.28. The number of aryl methyl sites for hydroxylation is 1. The Hall–Kier alpha value is -1.87. The molecule has 0 saturated carbocycles. The number of amides is 1. The van der Waals surface area contributed by atoms with Crippen molar-refractivity contribution in [1.29, 1.82) is 0 Å². The van der Waals surface area contributed by atoms with E-state index in [2.05, 4.69) is 10.2 Å². The van der Waals surface area contributed by atoms with Gasteiger partial charge in [0.1, 0.15) is 15.6 Å². The van der Waals surface area contributed by atoms with Gasteiger partial charge in [-0.1, -0.05) is 24.0 Å². The van der Waals surface area contributed by atoms with E-state index in [1.165, 1.54) is 18.7 Å². The van der Waals surface area contributed by atoms with Crippen molar-refractivity contribution in [2.45, 2.75) is 33.6 Å². The molecule has 0 aliphatic carbocycles. The van der Waals surface area contributed by atoms with E-state index in [4.69, 9.17) is 21.4 Å². The zero-order chi connectivity index (χ0) is 19.3. The Morgan fingerprint density at radius 3 is 2.50 bits per heavy atom. The van der Waals surface area contributed by atoms with Gasteiger partial charge in [-0.3, -0.25) is 14.9 Å². The highest BCUT2D eigenvalue weighted by molar-refractivity contribution is 8.23. The molecule has 0 spiro atoms. The molecular weight excluding hydrogens is 376 g/mol. The number of anilines is 1. The Morgan fingerprint density at radius 2 is 1.92 bits per heavy atom. The van der Waals surface area contributed by atoms with E-state index >= 15 is 0 Å². The summed E-state index contributed by atoms with van der Waals surface area (Å²) in [5.74, 6) is -1.12. The van der Waals surface area contributed by atoms with Gasteiger partial charge in [-0.05, 0) is 33.6 Å². The maximum absolute atomic E-state index is 12.2. The topological polar surface area (TPSA) is 88.8 Å². The molecule has 0 aromatic carbocycles. The summed E-state index contributed by atoms with van der Waals surface area (Å²) in [7, 11) is 0. The summed E-state index contributed by atoms with van der Waals surface area (Å²) in [6.45, 7) is 6.53. The van der Waals surface area contributed by atoms with Gasteiger partial charge in [-0.15, -0.1) is 0 Å². The van der Waals surface area contributed by atoms with Crippen LogP contribution in [0.15, 0.2) is 4.42 Å². The van der Waals surface area contributed by atoms with Crippen LogP contribution in [0.1, 0.15) is 53.2 Å². The predicted octanol–water partition coefficient (Wildman–Crippen LogP) is 3.02. The lowest BCUT2D eigenvalue weighted by atomic mass is 10.1. The third-order valence-corrected chi connectivity index (χ3v) is 5.38. The van der Waals surface area contributed by atoms with Crippen LogP contribution in [0.25, 0.3) is 0 Å². The first-order valence-electron chi connectivity index (χ1n) is 8.38. The van der Waals surface area contributed by atoms with Crippen LogP contribution in [0.4, 0.5) is 5.88 Å². The monoisotopic (exact) mass is 398 g/mol. The number of hydrogen-bond donors (Lipinski definition) is 1.